The molecule has 1 amide bonds. The molecule has 1 heterocycles. The van der Waals surface area contributed by atoms with Gasteiger partial charge in [0.25, 0.3) is 0 Å². The molecule has 0 radical (unpaired) electrons. The Bertz CT molecular complexity index is 519. The lowest BCUT2D eigenvalue weighted by Gasteiger charge is -2.29. The minimum Gasteiger partial charge on any atom is -0.497 e. The lowest BCUT2D eigenvalue weighted by Crippen LogP contribution is -2.41. The van der Waals surface area contributed by atoms with Crippen LogP contribution in [0.1, 0.15) is 18.4 Å². The first-order valence-corrected chi connectivity index (χ1v) is 7.15. The zero-order valence-electron chi connectivity index (χ0n) is 12.2. The lowest BCUT2D eigenvalue weighted by atomic mass is 10.1. The van der Waals surface area contributed by atoms with E-state index in [1.54, 1.807) is 18.1 Å². The minimum absolute atomic E-state index is 0.0480. The van der Waals surface area contributed by atoms with E-state index in [1.165, 1.54) is 6.08 Å². The minimum atomic E-state index is -0.383. The van der Waals surface area contributed by atoms with Gasteiger partial charge in [-0.05, 0) is 30.5 Å². The van der Waals surface area contributed by atoms with Crippen LogP contribution in [0.4, 0.5) is 0 Å². The molecule has 1 aliphatic heterocycles. The van der Waals surface area contributed by atoms with Crippen LogP contribution in [0.2, 0.25) is 0 Å². The van der Waals surface area contributed by atoms with Crippen LogP contribution in [0, 0.1) is 0 Å². The average Bonchev–Trinajstić information content (AvgIpc) is 2.52. The highest BCUT2D eigenvalue weighted by Gasteiger charge is 2.19. The van der Waals surface area contributed by atoms with Crippen LogP contribution < -0.4 is 4.74 Å². The van der Waals surface area contributed by atoms with E-state index in [4.69, 9.17) is 4.74 Å². The summed E-state index contributed by atoms with van der Waals surface area (Å²) in [6.45, 7) is 1.16. The van der Waals surface area contributed by atoms with E-state index in [9.17, 15) is 9.90 Å². The van der Waals surface area contributed by atoms with Gasteiger partial charge in [-0.25, -0.2) is 0 Å². The van der Waals surface area contributed by atoms with Crippen molar-refractivity contribution in [2.24, 2.45) is 0 Å². The Morgan fingerprint density at radius 1 is 1.33 bits per heavy atom. The second kappa shape index (κ2) is 7.64. The van der Waals surface area contributed by atoms with Gasteiger partial charge in [-0.3, -0.25) is 4.79 Å². The zero-order chi connectivity index (χ0) is 15.1. The van der Waals surface area contributed by atoms with Crippen molar-refractivity contribution in [3.63, 3.8) is 0 Å². The molecule has 112 valence electrons. The lowest BCUT2D eigenvalue weighted by molar-refractivity contribution is -0.128. The molecule has 0 saturated carbocycles. The largest absolute Gasteiger partial charge is 0.497 e. The highest BCUT2D eigenvalue weighted by molar-refractivity contribution is 5.88. The number of carbonyl (C=O) groups is 1. The molecule has 0 aliphatic carbocycles. The quantitative estimate of drug-likeness (QED) is 0.682. The van der Waals surface area contributed by atoms with E-state index in [1.807, 2.05) is 36.4 Å². The van der Waals surface area contributed by atoms with Crippen LogP contribution in [0.3, 0.4) is 0 Å². The summed E-state index contributed by atoms with van der Waals surface area (Å²) in [4.78, 5) is 13.6. The molecular weight excluding hydrogens is 266 g/mol. The molecule has 1 unspecified atom stereocenters. The molecule has 0 aromatic heterocycles. The molecule has 1 aliphatic rings. The van der Waals surface area contributed by atoms with Crippen molar-refractivity contribution in [3.8, 4) is 5.75 Å². The number of piperidine rings is 1. The van der Waals surface area contributed by atoms with E-state index in [0.29, 0.717) is 6.54 Å². The molecule has 1 saturated heterocycles. The van der Waals surface area contributed by atoms with Crippen molar-refractivity contribution < 1.29 is 14.6 Å². The number of aliphatic hydroxyl groups excluding tert-OH is 1. The summed E-state index contributed by atoms with van der Waals surface area (Å²) in [5.41, 5.74) is 1.04. The molecule has 1 aromatic rings. The third kappa shape index (κ3) is 4.76. The number of hydrogen-bond donors (Lipinski definition) is 1. The van der Waals surface area contributed by atoms with E-state index in [-0.39, 0.29) is 12.0 Å². The molecule has 21 heavy (non-hydrogen) atoms. The van der Waals surface area contributed by atoms with Gasteiger partial charge in [0.05, 0.1) is 13.2 Å². The van der Waals surface area contributed by atoms with Crippen LogP contribution >= 0.6 is 0 Å². The van der Waals surface area contributed by atoms with Crippen LogP contribution in [-0.2, 0) is 4.79 Å². The van der Waals surface area contributed by atoms with Gasteiger partial charge in [-0.15, -0.1) is 0 Å². The maximum atomic E-state index is 11.9. The number of hydrogen-bond acceptors (Lipinski definition) is 3. The van der Waals surface area contributed by atoms with Gasteiger partial charge < -0.3 is 14.7 Å². The Morgan fingerprint density at radius 3 is 2.76 bits per heavy atom. The van der Waals surface area contributed by atoms with Gasteiger partial charge in [0.2, 0.25) is 5.91 Å². The molecule has 1 aromatic carbocycles. The molecule has 4 nitrogen and oxygen atoms in total. The number of carbonyl (C=O) groups excluding carboxylic acids is 1. The number of nitrogens with zero attached hydrogens (tertiary/aromatic N) is 1. The van der Waals surface area contributed by atoms with Crippen molar-refractivity contribution >= 4 is 12.0 Å². The van der Waals surface area contributed by atoms with Crippen molar-refractivity contribution in [1.29, 1.82) is 0 Å². The summed E-state index contributed by atoms with van der Waals surface area (Å²) in [6.07, 6.45) is 8.29. The van der Waals surface area contributed by atoms with Gasteiger partial charge in [0.1, 0.15) is 5.75 Å². The Hall–Kier alpha value is -2.07. The van der Waals surface area contributed by atoms with Gasteiger partial charge in [0, 0.05) is 19.2 Å². The monoisotopic (exact) mass is 287 g/mol. The molecule has 1 fully saturated rings. The average molecular weight is 287 g/mol. The molecule has 4 heteroatoms. The van der Waals surface area contributed by atoms with Crippen LogP contribution in [-0.4, -0.2) is 42.2 Å². The standard InChI is InChI=1S/C17H21NO3/c1-21-16-10-8-14(9-11-16)5-2-3-7-17(20)18-12-4-6-15(19)13-18/h2-3,5,7-11,15,19H,4,6,12-13H2,1H3/b5-2+,7-3+. The smallest absolute Gasteiger partial charge is 0.246 e. The maximum Gasteiger partial charge on any atom is 0.246 e. The van der Waals surface area contributed by atoms with Crippen molar-refractivity contribution in [1.82, 2.24) is 4.90 Å². The van der Waals surface area contributed by atoms with Gasteiger partial charge in [0.15, 0.2) is 0 Å². The fraction of sp³-hybridized carbons (Fsp3) is 0.353. The topological polar surface area (TPSA) is 49.8 Å². The molecule has 0 bridgehead atoms. The van der Waals surface area contributed by atoms with Crippen LogP contribution in [0.25, 0.3) is 6.08 Å². The summed E-state index contributed by atoms with van der Waals surface area (Å²) in [6, 6.07) is 7.69. The number of β-amino-alcohol motifs (C(OH)–C–C–N with tert-alkyl or cyclic N) is 1. The number of rotatable bonds is 4. The van der Waals surface area contributed by atoms with Crippen molar-refractivity contribution in [3.05, 3.63) is 48.1 Å². The number of ether oxygens (including phenoxy) is 1. The maximum absolute atomic E-state index is 11.9. The Morgan fingerprint density at radius 2 is 2.10 bits per heavy atom. The van der Waals surface area contributed by atoms with Crippen molar-refractivity contribution in [2.45, 2.75) is 18.9 Å². The molecule has 0 spiro atoms. The van der Waals surface area contributed by atoms with E-state index >= 15 is 0 Å². The van der Waals surface area contributed by atoms with Gasteiger partial charge in [-0.2, -0.15) is 0 Å². The van der Waals surface area contributed by atoms with E-state index in [0.717, 1.165) is 30.7 Å². The molecular formula is C17H21NO3. The number of amides is 1. The molecule has 2 rings (SSSR count). The normalized spacial score (nSPS) is 19.3. The zero-order valence-corrected chi connectivity index (χ0v) is 12.2. The van der Waals surface area contributed by atoms with Gasteiger partial charge in [-0.1, -0.05) is 30.4 Å². The first-order chi connectivity index (χ1) is 10.2. The SMILES string of the molecule is COc1ccc(/C=C/C=C/C(=O)N2CCCC(O)C2)cc1. The summed E-state index contributed by atoms with van der Waals surface area (Å²) < 4.78 is 5.09. The summed E-state index contributed by atoms with van der Waals surface area (Å²) >= 11 is 0. The van der Waals surface area contributed by atoms with Crippen LogP contribution in [0.5, 0.6) is 5.75 Å². The van der Waals surface area contributed by atoms with E-state index < -0.39 is 0 Å². The Kier molecular flexibility index (Phi) is 5.58. The Balaban J connectivity index is 1.85. The second-order valence-corrected chi connectivity index (χ2v) is 5.07. The fourth-order valence-corrected chi connectivity index (χ4v) is 2.28. The summed E-state index contributed by atoms with van der Waals surface area (Å²) in [5.74, 6) is 0.773. The van der Waals surface area contributed by atoms with Crippen molar-refractivity contribution in [2.75, 3.05) is 20.2 Å². The number of allylic oxidation sites excluding steroid dienone is 2. The molecule has 1 N–H and O–H groups in total. The number of methoxy groups -OCH3 is 1. The third-order valence-electron chi connectivity index (χ3n) is 3.46. The first kappa shape index (κ1) is 15.3. The predicted molar refractivity (Wildman–Crippen MR) is 83.0 cm³/mol. The fourth-order valence-electron chi connectivity index (χ4n) is 2.28. The number of aliphatic hydroxyl groups is 1. The predicted octanol–water partition coefficient (Wildman–Crippen LogP) is 2.25. The first-order valence-electron chi connectivity index (χ1n) is 7.15. The second-order valence-electron chi connectivity index (χ2n) is 5.07. The van der Waals surface area contributed by atoms with Crippen LogP contribution in [0.15, 0.2) is 42.5 Å². The third-order valence-corrected chi connectivity index (χ3v) is 3.46. The highest BCUT2D eigenvalue weighted by atomic mass is 16.5. The highest BCUT2D eigenvalue weighted by Crippen LogP contribution is 2.12. The number of benzene rings is 1. The summed E-state index contributed by atoms with van der Waals surface area (Å²) in [7, 11) is 1.64. The van der Waals surface area contributed by atoms with E-state index in [2.05, 4.69) is 0 Å². The Labute approximate surface area is 125 Å². The number of likely N-dealkylation sites (tertiary alicyclic amines) is 1. The van der Waals surface area contributed by atoms with Gasteiger partial charge >= 0.3 is 0 Å². The summed E-state index contributed by atoms with van der Waals surface area (Å²) in [5, 5.41) is 9.55. The molecule has 1 atom stereocenters.